The molecule has 0 amide bonds. The lowest BCUT2D eigenvalue weighted by atomic mass is 9.95. The Morgan fingerprint density at radius 1 is 0.380 bits per heavy atom. The lowest BCUT2D eigenvalue weighted by Crippen LogP contribution is -2.05. The van der Waals surface area contributed by atoms with Gasteiger partial charge in [0, 0.05) is 70.4 Å². The van der Waals surface area contributed by atoms with Gasteiger partial charge in [-0.2, -0.15) is 0 Å². The van der Waals surface area contributed by atoms with Crippen molar-refractivity contribution in [1.82, 2.24) is 0 Å². The Morgan fingerprint density at radius 2 is 0.690 bits per heavy atom. The van der Waals surface area contributed by atoms with Crippen molar-refractivity contribution in [3.63, 3.8) is 0 Å². The van der Waals surface area contributed by atoms with Crippen molar-refractivity contribution in [3.8, 4) is 5.75 Å². The standard InChI is InChI=1S/C12H16O2.C12H18O.C12H16O.C12H18.C11H16O.C10H13Br.C10H13Cl.7CH4O/c1-3-9(2)10-5-4-6-11(7-10)12(14)8-13;1-5-9(2)11-6-7-12(13-4)10(3)8-11;1-4-9(2)11-6-5-7-12(8-11)10(3)13;1-5-9(2)12-7-6-10(3)11(4)8-12;1-3-9(2)11-6-4-5-10(7-11)8-12;1-3-8(2)9-5-4-6-10(11)7-9;1-3-8(2)9-4-6-10(11)7-5-9;7*1-2/h4-7,9,13H,3,8H2,1-2H3;6-9H,5H2,1-4H3;5-9H,4H2,1-3H3;6-9H,5H2,1-4H3;4-7,9,12H,3,8H2,1-2H3;2*4-8H,3H2,1-2H3;7*2H,1H3. The van der Waals surface area contributed by atoms with E-state index in [1.165, 1.54) is 80.2 Å². The third kappa shape index (κ3) is 48.1. The molecule has 7 atom stereocenters. The topological polar surface area (TPSA) is 225 Å². The van der Waals surface area contributed by atoms with Gasteiger partial charge < -0.3 is 50.7 Å². The van der Waals surface area contributed by atoms with Crippen molar-refractivity contribution in [2.45, 2.75) is 218 Å². The van der Waals surface area contributed by atoms with Gasteiger partial charge in [-0.3, -0.25) is 9.59 Å². The minimum Gasteiger partial charge on any atom is -0.496 e. The molecular formula is C86H138BrClO12. The van der Waals surface area contributed by atoms with Gasteiger partial charge in [0.2, 0.25) is 0 Å². The molecule has 9 N–H and O–H groups in total. The van der Waals surface area contributed by atoms with E-state index in [4.69, 9.17) is 62.3 Å². The Hall–Kier alpha value is -5.91. The molecule has 0 aliphatic rings. The van der Waals surface area contributed by atoms with E-state index < -0.39 is 6.61 Å². The van der Waals surface area contributed by atoms with Crippen molar-refractivity contribution < 1.29 is 60.3 Å². The first-order valence-corrected chi connectivity index (χ1v) is 36.0. The third-order valence-corrected chi connectivity index (χ3v) is 17.5. The van der Waals surface area contributed by atoms with Crippen LogP contribution in [-0.4, -0.2) is 121 Å². The Morgan fingerprint density at radius 3 is 1.03 bits per heavy atom. The van der Waals surface area contributed by atoms with Crippen LogP contribution in [0.3, 0.4) is 0 Å². The van der Waals surface area contributed by atoms with Crippen molar-refractivity contribution in [3.05, 3.63) is 240 Å². The Balaban J connectivity index is -0.000000196. The molecule has 0 saturated heterocycles. The number of aryl methyl sites for hydroxylation is 3. The molecular weight excluding hydrogens is 1340 g/mol. The number of methoxy groups -OCH3 is 1. The molecule has 0 fully saturated rings. The molecule has 14 heteroatoms. The monoisotopic (exact) mass is 1480 g/mol. The molecule has 0 aliphatic heterocycles. The molecule has 12 nitrogen and oxygen atoms in total. The van der Waals surface area contributed by atoms with E-state index in [1.54, 1.807) is 20.1 Å². The molecule has 0 radical (unpaired) electrons. The van der Waals surface area contributed by atoms with Crippen molar-refractivity contribution in [1.29, 1.82) is 0 Å². The fourth-order valence-corrected chi connectivity index (χ4v) is 9.25. The maximum absolute atomic E-state index is 11.2. The first kappa shape index (κ1) is 108. The first-order chi connectivity index (χ1) is 47.9. The molecule has 0 heterocycles. The number of carbonyl (C=O) groups is 2. The fourth-order valence-electron chi connectivity index (χ4n) is 8.71. The lowest BCUT2D eigenvalue weighted by Gasteiger charge is -2.11. The maximum atomic E-state index is 11.2. The summed E-state index contributed by atoms with van der Waals surface area (Å²) in [4.78, 5) is 22.3. The number of Topliss-reactive ketones (excluding diaryl/α,β-unsaturated/α-hetero) is 2. The van der Waals surface area contributed by atoms with Gasteiger partial charge in [0.05, 0.1) is 13.7 Å². The van der Waals surface area contributed by atoms with Gasteiger partial charge >= 0.3 is 0 Å². The number of rotatable bonds is 19. The summed E-state index contributed by atoms with van der Waals surface area (Å²) >= 11 is 9.22. The van der Waals surface area contributed by atoms with Crippen molar-refractivity contribution in [2.24, 2.45) is 0 Å². The summed E-state index contributed by atoms with van der Waals surface area (Å²) in [5.74, 6) is 5.17. The average Bonchev–Trinajstić information content (AvgIpc) is 0.928. The second-order valence-electron chi connectivity index (χ2n) is 23.1. The summed E-state index contributed by atoms with van der Waals surface area (Å²) in [6.07, 6.45) is 8.11. The highest BCUT2D eigenvalue weighted by Gasteiger charge is 2.10. The van der Waals surface area contributed by atoms with Crippen LogP contribution in [0.1, 0.15) is 272 Å². The van der Waals surface area contributed by atoms with Gasteiger partial charge in [0.1, 0.15) is 12.4 Å². The molecule has 7 aromatic carbocycles. The molecule has 7 aromatic rings. The van der Waals surface area contributed by atoms with E-state index in [9.17, 15) is 9.59 Å². The zero-order chi connectivity index (χ0) is 78.9. The first-order valence-electron chi connectivity index (χ1n) is 34.8. The number of aliphatic hydroxyl groups excluding tert-OH is 9. The number of ketones is 2. The van der Waals surface area contributed by atoms with E-state index in [0.29, 0.717) is 47.0 Å². The van der Waals surface area contributed by atoms with E-state index in [2.05, 4.69) is 225 Å². The Bertz CT molecular complexity index is 3010. The maximum Gasteiger partial charge on any atom is 0.188 e. The number of aliphatic hydroxyl groups is 9. The summed E-state index contributed by atoms with van der Waals surface area (Å²) in [6.45, 7) is 38.6. The lowest BCUT2D eigenvalue weighted by molar-refractivity contribution is 0.0903. The number of hydrogen-bond donors (Lipinski definition) is 9. The smallest absolute Gasteiger partial charge is 0.188 e. The summed E-state index contributed by atoms with van der Waals surface area (Å²) in [7, 11) is 8.71. The number of ether oxygens (including phenoxy) is 1. The molecule has 100 heavy (non-hydrogen) atoms. The highest BCUT2D eigenvalue weighted by atomic mass is 79.9. The summed E-state index contributed by atoms with van der Waals surface area (Å²) in [6, 6.07) is 53.3. The van der Waals surface area contributed by atoms with Crippen LogP contribution in [0.25, 0.3) is 0 Å². The second-order valence-corrected chi connectivity index (χ2v) is 24.5. The highest BCUT2D eigenvalue weighted by molar-refractivity contribution is 9.10. The molecule has 0 aliphatic carbocycles. The minimum atomic E-state index is -0.413. The van der Waals surface area contributed by atoms with E-state index >= 15 is 0 Å². The van der Waals surface area contributed by atoms with Gasteiger partial charge in [-0.25, -0.2) is 0 Å². The highest BCUT2D eigenvalue weighted by Crippen LogP contribution is 2.27. The van der Waals surface area contributed by atoms with Crippen LogP contribution in [0.2, 0.25) is 5.02 Å². The number of carbonyl (C=O) groups excluding carboxylic acids is 2. The fraction of sp³-hybridized carbons (Fsp3) is 0.488. The molecule has 0 aromatic heterocycles. The normalized spacial score (nSPS) is 11.4. The third-order valence-electron chi connectivity index (χ3n) is 16.7. The van der Waals surface area contributed by atoms with Crippen LogP contribution in [0.4, 0.5) is 0 Å². The molecule has 0 bridgehead atoms. The second kappa shape index (κ2) is 71.5. The summed E-state index contributed by atoms with van der Waals surface area (Å²) in [5.41, 5.74) is 15.9. The number of halogens is 2. The van der Waals surface area contributed by atoms with Gasteiger partial charge in [-0.1, -0.05) is 240 Å². The number of hydrogen-bond acceptors (Lipinski definition) is 12. The van der Waals surface area contributed by atoms with Gasteiger partial charge in [-0.15, -0.1) is 0 Å². The summed E-state index contributed by atoms with van der Waals surface area (Å²) in [5, 5.41) is 67.5. The van der Waals surface area contributed by atoms with Crippen LogP contribution < -0.4 is 4.74 Å². The van der Waals surface area contributed by atoms with Crippen LogP contribution >= 0.6 is 27.5 Å². The Kier molecular flexibility index (Phi) is 76.8. The predicted molar refractivity (Wildman–Crippen MR) is 434 cm³/mol. The quantitative estimate of drug-likeness (QED) is 0.0345. The van der Waals surface area contributed by atoms with Crippen molar-refractivity contribution in [2.75, 3.05) is 63.5 Å². The van der Waals surface area contributed by atoms with E-state index in [-0.39, 0.29) is 18.2 Å². The van der Waals surface area contributed by atoms with Gasteiger partial charge in [0.25, 0.3) is 0 Å². The van der Waals surface area contributed by atoms with Crippen LogP contribution in [-0.2, 0) is 6.61 Å². The largest absolute Gasteiger partial charge is 0.496 e. The molecule has 7 unspecified atom stereocenters. The van der Waals surface area contributed by atoms with Gasteiger partial charge in [0.15, 0.2) is 11.6 Å². The van der Waals surface area contributed by atoms with E-state index in [0.717, 1.165) is 96.5 Å². The zero-order valence-electron chi connectivity index (χ0n) is 66.4. The SMILES string of the molecule is CCC(C)c1ccc(C)c(C)c1.CCC(C)c1ccc(Cl)cc1.CCC(C)c1ccc(OC)c(C)c1.CCC(C)c1cccc(Br)c1.CCC(C)c1cccc(C(=O)CO)c1.CCC(C)c1cccc(C(C)=O)c1.CCC(C)c1cccc(CO)c1.CO.CO.CO.CO.CO.CO.CO. The summed E-state index contributed by atoms with van der Waals surface area (Å²) < 4.78 is 6.39. The van der Waals surface area contributed by atoms with Crippen LogP contribution in [0.5, 0.6) is 5.75 Å². The van der Waals surface area contributed by atoms with E-state index in [1.807, 2.05) is 60.7 Å². The minimum absolute atomic E-state index is 0.143. The Labute approximate surface area is 622 Å². The van der Waals surface area contributed by atoms with Crippen molar-refractivity contribution >= 4 is 39.1 Å². The van der Waals surface area contributed by atoms with Gasteiger partial charge in [-0.05, 0) is 218 Å². The molecule has 568 valence electrons. The predicted octanol–water partition coefficient (Wildman–Crippen LogP) is 20.9. The van der Waals surface area contributed by atoms with Crippen LogP contribution in [0, 0.1) is 20.8 Å². The molecule has 0 spiro atoms. The number of benzene rings is 7. The molecule has 0 saturated carbocycles. The van der Waals surface area contributed by atoms with Crippen LogP contribution in [0.15, 0.2) is 162 Å². The average molecular weight is 1480 g/mol. The zero-order valence-corrected chi connectivity index (χ0v) is 68.8. The molecule has 7 rings (SSSR count).